The number of carbonyl (C=O) groups excluding carboxylic acids is 1. The van der Waals surface area contributed by atoms with Crippen molar-refractivity contribution in [3.63, 3.8) is 0 Å². The molecule has 0 saturated heterocycles. The molecular weight excluding hydrogens is 303 g/mol. The van der Waals surface area contributed by atoms with Gasteiger partial charge in [0.1, 0.15) is 5.82 Å². The molecule has 0 aliphatic heterocycles. The third-order valence-corrected chi connectivity index (χ3v) is 2.96. The highest BCUT2D eigenvalue weighted by molar-refractivity contribution is 9.10. The zero-order chi connectivity index (χ0) is 13.5. The Balaban J connectivity index is 2.46. The van der Waals surface area contributed by atoms with Gasteiger partial charge in [-0.15, -0.1) is 0 Å². The third-order valence-electron chi connectivity index (χ3n) is 2.35. The van der Waals surface area contributed by atoms with Gasteiger partial charge >= 0.3 is 6.03 Å². The Morgan fingerprint density at radius 2 is 2.28 bits per heavy atom. The molecule has 100 valence electrons. The second kappa shape index (κ2) is 7.33. The van der Waals surface area contributed by atoms with Crippen molar-refractivity contribution in [3.05, 3.63) is 28.5 Å². The Morgan fingerprint density at radius 1 is 1.56 bits per heavy atom. The normalized spacial score (nSPS) is 12.0. The zero-order valence-electron chi connectivity index (χ0n) is 10.0. The Labute approximate surface area is 114 Å². The third kappa shape index (κ3) is 5.01. The molecule has 0 fully saturated rings. The quantitative estimate of drug-likeness (QED) is 0.781. The van der Waals surface area contributed by atoms with E-state index in [1.165, 1.54) is 18.2 Å². The van der Waals surface area contributed by atoms with Crippen LogP contribution in [0.1, 0.15) is 19.8 Å². The summed E-state index contributed by atoms with van der Waals surface area (Å²) in [6.45, 7) is 1.97. The first-order valence-corrected chi connectivity index (χ1v) is 6.45. The first kappa shape index (κ1) is 14.9. The zero-order valence-corrected chi connectivity index (χ0v) is 11.6. The van der Waals surface area contributed by atoms with Crippen molar-refractivity contribution in [3.8, 4) is 0 Å². The summed E-state index contributed by atoms with van der Waals surface area (Å²) in [5.41, 5.74) is 0.509. The van der Waals surface area contributed by atoms with E-state index in [0.717, 1.165) is 0 Å². The molecule has 1 atom stereocenters. The Kier molecular flexibility index (Phi) is 6.07. The molecule has 0 heterocycles. The molecule has 6 heteroatoms. The van der Waals surface area contributed by atoms with Gasteiger partial charge < -0.3 is 15.7 Å². The number of rotatable bonds is 5. The van der Waals surface area contributed by atoms with Crippen LogP contribution in [-0.4, -0.2) is 23.8 Å². The minimum atomic E-state index is -0.378. The topological polar surface area (TPSA) is 61.4 Å². The Morgan fingerprint density at radius 3 is 2.89 bits per heavy atom. The molecule has 0 spiro atoms. The number of anilines is 1. The van der Waals surface area contributed by atoms with Gasteiger partial charge in [-0.25, -0.2) is 9.18 Å². The van der Waals surface area contributed by atoms with Gasteiger partial charge in [-0.3, -0.25) is 0 Å². The Bertz CT molecular complexity index is 415. The van der Waals surface area contributed by atoms with E-state index in [4.69, 9.17) is 5.11 Å². The summed E-state index contributed by atoms with van der Waals surface area (Å²) >= 11 is 3.05. The van der Waals surface area contributed by atoms with Gasteiger partial charge in [0.15, 0.2) is 0 Å². The maximum atomic E-state index is 13.0. The summed E-state index contributed by atoms with van der Waals surface area (Å²) in [7, 11) is 0. The lowest BCUT2D eigenvalue weighted by Crippen LogP contribution is -2.36. The molecule has 0 saturated carbocycles. The van der Waals surface area contributed by atoms with Crippen LogP contribution in [0, 0.1) is 5.82 Å². The number of hydrogen-bond acceptors (Lipinski definition) is 2. The van der Waals surface area contributed by atoms with Crippen molar-refractivity contribution in [1.29, 1.82) is 0 Å². The summed E-state index contributed by atoms with van der Waals surface area (Å²) in [5.74, 6) is -0.378. The molecule has 1 rings (SSSR count). The van der Waals surface area contributed by atoms with Crippen molar-refractivity contribution in [1.82, 2.24) is 5.32 Å². The van der Waals surface area contributed by atoms with E-state index < -0.39 is 0 Å². The molecule has 2 amide bonds. The van der Waals surface area contributed by atoms with Crippen LogP contribution < -0.4 is 10.6 Å². The van der Waals surface area contributed by atoms with Gasteiger partial charge in [0.2, 0.25) is 0 Å². The first-order chi connectivity index (χ1) is 8.52. The van der Waals surface area contributed by atoms with E-state index in [2.05, 4.69) is 26.6 Å². The molecule has 18 heavy (non-hydrogen) atoms. The van der Waals surface area contributed by atoms with Gasteiger partial charge in [0.25, 0.3) is 0 Å². The van der Waals surface area contributed by atoms with Crippen LogP contribution in [0.2, 0.25) is 0 Å². The fourth-order valence-corrected chi connectivity index (χ4v) is 1.81. The SMILES string of the molecule is CC(CCCO)NC(=O)Nc1ccc(F)c(Br)c1. The number of halogens is 2. The van der Waals surface area contributed by atoms with E-state index in [0.29, 0.717) is 23.0 Å². The number of hydrogen-bond donors (Lipinski definition) is 3. The van der Waals surface area contributed by atoms with E-state index >= 15 is 0 Å². The number of benzene rings is 1. The molecule has 0 aromatic heterocycles. The van der Waals surface area contributed by atoms with Crippen LogP contribution in [0.4, 0.5) is 14.9 Å². The predicted molar refractivity (Wildman–Crippen MR) is 72.0 cm³/mol. The minimum Gasteiger partial charge on any atom is -0.396 e. The first-order valence-electron chi connectivity index (χ1n) is 5.66. The molecule has 3 N–H and O–H groups in total. The fraction of sp³-hybridized carbons (Fsp3) is 0.417. The summed E-state index contributed by atoms with van der Waals surface area (Å²) in [4.78, 5) is 11.6. The summed E-state index contributed by atoms with van der Waals surface area (Å²) < 4.78 is 13.3. The van der Waals surface area contributed by atoms with E-state index in [1.807, 2.05) is 6.92 Å². The van der Waals surface area contributed by atoms with Gasteiger partial charge in [-0.2, -0.15) is 0 Å². The summed E-state index contributed by atoms with van der Waals surface area (Å²) in [6, 6.07) is 3.88. The van der Waals surface area contributed by atoms with E-state index in [-0.39, 0.29) is 24.5 Å². The minimum absolute atomic E-state index is 0.0268. The van der Waals surface area contributed by atoms with Gasteiger partial charge in [0.05, 0.1) is 4.47 Å². The number of carbonyl (C=O) groups is 1. The number of amides is 2. The lowest BCUT2D eigenvalue weighted by molar-refractivity contribution is 0.245. The smallest absolute Gasteiger partial charge is 0.319 e. The molecule has 0 bridgehead atoms. The molecule has 1 aromatic rings. The highest BCUT2D eigenvalue weighted by Crippen LogP contribution is 2.19. The van der Waals surface area contributed by atoms with E-state index in [1.54, 1.807) is 0 Å². The van der Waals surface area contributed by atoms with Crippen molar-refractivity contribution >= 4 is 27.6 Å². The number of nitrogens with one attached hydrogen (secondary N) is 2. The standard InChI is InChI=1S/C12H16BrFN2O2/c1-8(3-2-6-17)15-12(18)16-9-4-5-11(14)10(13)7-9/h4-5,7-8,17H,2-3,6H2,1H3,(H2,15,16,18). The van der Waals surface area contributed by atoms with E-state index in [9.17, 15) is 9.18 Å². The molecule has 1 unspecified atom stereocenters. The highest BCUT2D eigenvalue weighted by atomic mass is 79.9. The van der Waals surface area contributed by atoms with Crippen LogP contribution in [0.25, 0.3) is 0 Å². The van der Waals surface area contributed by atoms with Crippen LogP contribution in [-0.2, 0) is 0 Å². The largest absolute Gasteiger partial charge is 0.396 e. The molecule has 0 aliphatic rings. The van der Waals surface area contributed by atoms with Crippen LogP contribution in [0.15, 0.2) is 22.7 Å². The highest BCUT2D eigenvalue weighted by Gasteiger charge is 2.08. The molecule has 1 aromatic carbocycles. The molecular formula is C12H16BrFN2O2. The van der Waals surface area contributed by atoms with Gasteiger partial charge in [-0.05, 0) is 53.9 Å². The second-order valence-electron chi connectivity index (χ2n) is 3.99. The van der Waals surface area contributed by atoms with Crippen molar-refractivity contribution in [2.24, 2.45) is 0 Å². The molecule has 0 aliphatic carbocycles. The molecule has 4 nitrogen and oxygen atoms in total. The summed E-state index contributed by atoms with van der Waals surface area (Å²) in [6.07, 6.45) is 1.35. The average Bonchev–Trinajstić information content (AvgIpc) is 2.31. The predicted octanol–water partition coefficient (Wildman–Crippen LogP) is 2.87. The second-order valence-corrected chi connectivity index (χ2v) is 4.85. The van der Waals surface area contributed by atoms with Crippen LogP contribution in [0.3, 0.4) is 0 Å². The lowest BCUT2D eigenvalue weighted by Gasteiger charge is -2.14. The summed E-state index contributed by atoms with van der Waals surface area (Å²) in [5, 5.41) is 14.0. The van der Waals surface area contributed by atoms with Crippen molar-refractivity contribution in [2.75, 3.05) is 11.9 Å². The van der Waals surface area contributed by atoms with Crippen molar-refractivity contribution in [2.45, 2.75) is 25.8 Å². The fourth-order valence-electron chi connectivity index (χ4n) is 1.43. The molecule has 0 radical (unpaired) electrons. The number of urea groups is 1. The Hall–Kier alpha value is -1.14. The maximum Gasteiger partial charge on any atom is 0.319 e. The lowest BCUT2D eigenvalue weighted by atomic mass is 10.2. The van der Waals surface area contributed by atoms with Gasteiger partial charge in [0, 0.05) is 18.3 Å². The average molecular weight is 319 g/mol. The number of aliphatic hydroxyl groups is 1. The number of aliphatic hydroxyl groups excluding tert-OH is 1. The van der Waals surface area contributed by atoms with Crippen LogP contribution >= 0.6 is 15.9 Å². The van der Waals surface area contributed by atoms with Crippen LogP contribution in [0.5, 0.6) is 0 Å². The van der Waals surface area contributed by atoms with Gasteiger partial charge in [-0.1, -0.05) is 0 Å². The van der Waals surface area contributed by atoms with Crippen molar-refractivity contribution < 1.29 is 14.3 Å². The monoisotopic (exact) mass is 318 g/mol. The maximum absolute atomic E-state index is 13.0.